The van der Waals surface area contributed by atoms with E-state index in [0.29, 0.717) is 10.9 Å². The van der Waals surface area contributed by atoms with Gasteiger partial charge in [0.15, 0.2) is 11.6 Å². The molecule has 1 aliphatic heterocycles. The van der Waals surface area contributed by atoms with Gasteiger partial charge in [-0.3, -0.25) is 19.3 Å². The number of aliphatic hydroxyl groups is 1. The molecular weight excluding hydrogens is 580 g/mol. The van der Waals surface area contributed by atoms with Crippen molar-refractivity contribution < 1.29 is 42.9 Å². The lowest BCUT2D eigenvalue weighted by molar-refractivity contribution is -0.140. The first-order valence-electron chi connectivity index (χ1n) is 15.0. The second-order valence-corrected chi connectivity index (χ2v) is 11.4. The molecule has 2 aromatic rings. The summed E-state index contributed by atoms with van der Waals surface area (Å²) in [6.45, 7) is 2.56. The molecule has 0 bridgehead atoms. The predicted octanol–water partition coefficient (Wildman–Crippen LogP) is 2.28. The summed E-state index contributed by atoms with van der Waals surface area (Å²) in [5.74, 6) is -3.31. The molecule has 2 fully saturated rings. The summed E-state index contributed by atoms with van der Waals surface area (Å²) in [4.78, 5) is 55.9. The number of hydrogen-bond acceptors (Lipinski definition) is 6. The van der Waals surface area contributed by atoms with Gasteiger partial charge in [-0.15, -0.1) is 0 Å². The maximum absolute atomic E-state index is 14.1. The van der Waals surface area contributed by atoms with Crippen LogP contribution in [0.2, 0.25) is 0 Å². The monoisotopic (exact) mass is 621 g/mol. The van der Waals surface area contributed by atoms with Crippen molar-refractivity contribution >= 4 is 34.7 Å². The number of carbonyl (C=O) groups is 4. The molecule has 44 heavy (non-hydrogen) atoms. The Balaban J connectivity index is 1.47. The minimum Gasteiger partial charge on any atom is -0.465 e. The number of rotatable bonds is 11. The molecule has 1 aromatic heterocycles. The molecule has 2 atom stereocenters. The first-order chi connectivity index (χ1) is 21.0. The van der Waals surface area contributed by atoms with E-state index in [-0.39, 0.29) is 76.0 Å². The molecule has 14 heteroatoms. The van der Waals surface area contributed by atoms with Crippen molar-refractivity contribution in [2.75, 3.05) is 53.0 Å². The van der Waals surface area contributed by atoms with E-state index in [0.717, 1.165) is 49.1 Å². The van der Waals surface area contributed by atoms with Gasteiger partial charge in [-0.05, 0) is 37.8 Å². The zero-order valence-corrected chi connectivity index (χ0v) is 25.1. The van der Waals surface area contributed by atoms with Crippen LogP contribution < -0.4 is 5.32 Å². The molecule has 4 rings (SSSR count). The summed E-state index contributed by atoms with van der Waals surface area (Å²) in [7, 11) is 1.30. The van der Waals surface area contributed by atoms with Crippen LogP contribution >= 0.6 is 0 Å². The number of nitrogens with one attached hydrogen (secondary N) is 1. The summed E-state index contributed by atoms with van der Waals surface area (Å²) in [6, 6.07) is 1.80. The highest BCUT2D eigenvalue weighted by atomic mass is 19.2. The average molecular weight is 622 g/mol. The number of likely N-dealkylation sites (N-methyl/N-ethyl adjacent to an activating group) is 1. The van der Waals surface area contributed by atoms with E-state index in [4.69, 9.17) is 9.84 Å². The molecule has 1 aromatic carbocycles. The van der Waals surface area contributed by atoms with Gasteiger partial charge in [0.25, 0.3) is 5.91 Å². The Bertz CT molecular complexity index is 1350. The Labute approximate surface area is 254 Å². The van der Waals surface area contributed by atoms with Gasteiger partial charge >= 0.3 is 6.09 Å². The molecule has 1 aliphatic carbocycles. The summed E-state index contributed by atoms with van der Waals surface area (Å²) in [6.07, 6.45) is 3.21. The minimum atomic E-state index is -1.25. The number of aromatic nitrogens is 1. The van der Waals surface area contributed by atoms with E-state index in [1.54, 1.807) is 14.4 Å². The van der Waals surface area contributed by atoms with E-state index in [9.17, 15) is 33.1 Å². The Morgan fingerprint density at radius 3 is 2.27 bits per heavy atom. The number of aliphatic hydroxyl groups excluding tert-OH is 1. The van der Waals surface area contributed by atoms with Crippen LogP contribution in [0.15, 0.2) is 18.2 Å². The zero-order chi connectivity index (χ0) is 32.0. The van der Waals surface area contributed by atoms with E-state index in [1.165, 1.54) is 20.0 Å². The third kappa shape index (κ3) is 7.46. The first-order valence-corrected chi connectivity index (χ1v) is 15.0. The fraction of sp³-hybridized carbons (Fsp3) is 0.600. The number of nitrogens with zero attached hydrogens (tertiary/aromatic N) is 4. The largest absolute Gasteiger partial charge is 0.465 e. The predicted molar refractivity (Wildman–Crippen MR) is 156 cm³/mol. The molecule has 0 radical (unpaired) electrons. The van der Waals surface area contributed by atoms with E-state index in [2.05, 4.69) is 5.32 Å². The van der Waals surface area contributed by atoms with Gasteiger partial charge in [-0.1, -0.05) is 19.3 Å². The van der Waals surface area contributed by atoms with Crippen LogP contribution in [-0.2, 0) is 20.9 Å². The minimum absolute atomic E-state index is 0.0771. The second kappa shape index (κ2) is 14.8. The van der Waals surface area contributed by atoms with E-state index in [1.807, 2.05) is 0 Å². The van der Waals surface area contributed by atoms with Gasteiger partial charge in [-0.25, -0.2) is 13.6 Å². The lowest BCUT2D eigenvalue weighted by Gasteiger charge is -2.39. The number of fused-ring (bicyclic) bond motifs is 1. The van der Waals surface area contributed by atoms with Crippen molar-refractivity contribution in [2.24, 2.45) is 5.92 Å². The fourth-order valence-electron chi connectivity index (χ4n) is 5.95. The van der Waals surface area contributed by atoms with Gasteiger partial charge in [0.1, 0.15) is 17.8 Å². The summed E-state index contributed by atoms with van der Waals surface area (Å²) >= 11 is 0. The maximum atomic E-state index is 14.1. The highest BCUT2D eigenvalue weighted by Gasteiger charge is 2.37. The van der Waals surface area contributed by atoms with E-state index >= 15 is 0 Å². The van der Waals surface area contributed by atoms with Crippen LogP contribution in [0.3, 0.4) is 0 Å². The number of carboxylic acid groups (broad SMARTS) is 1. The van der Waals surface area contributed by atoms with Crippen LogP contribution in [0.5, 0.6) is 0 Å². The van der Waals surface area contributed by atoms with Gasteiger partial charge in [0.05, 0.1) is 25.3 Å². The number of halogens is 2. The number of hydrogen-bond donors (Lipinski definition) is 3. The van der Waals surface area contributed by atoms with Crippen molar-refractivity contribution in [1.82, 2.24) is 24.6 Å². The van der Waals surface area contributed by atoms with Crippen LogP contribution in [-0.4, -0.2) is 118 Å². The molecule has 1 saturated heterocycles. The number of benzene rings is 1. The van der Waals surface area contributed by atoms with Crippen molar-refractivity contribution in [1.29, 1.82) is 0 Å². The lowest BCUT2D eigenvalue weighted by atomic mass is 9.83. The Morgan fingerprint density at radius 1 is 1.00 bits per heavy atom. The quantitative estimate of drug-likeness (QED) is 0.327. The number of ether oxygens (including phenoxy) is 1. The van der Waals surface area contributed by atoms with E-state index < -0.39 is 35.7 Å². The highest BCUT2D eigenvalue weighted by Crippen LogP contribution is 2.29. The molecule has 3 N–H and O–H groups in total. The lowest BCUT2D eigenvalue weighted by Crippen LogP contribution is -2.59. The van der Waals surface area contributed by atoms with Gasteiger partial charge in [-0.2, -0.15) is 0 Å². The smallest absolute Gasteiger partial charge is 0.407 e. The molecule has 2 unspecified atom stereocenters. The summed E-state index contributed by atoms with van der Waals surface area (Å²) < 4.78 is 35.0. The molecule has 1 saturated carbocycles. The summed E-state index contributed by atoms with van der Waals surface area (Å²) in [5.41, 5.74) is 0.559. The molecule has 4 amide bonds. The Hall–Kier alpha value is -3.78. The highest BCUT2D eigenvalue weighted by molar-refractivity contribution is 5.99. The zero-order valence-electron chi connectivity index (χ0n) is 25.1. The first kappa shape index (κ1) is 33.1. The SMILES string of the molecule is CC(C(=O)NC(C(=O)N1CCN(C(=O)c2cc3cc(F)c(F)cc3n2CCOCCO)CC1)C1CCCCC1)N(C)C(=O)O. The van der Waals surface area contributed by atoms with Gasteiger partial charge in [0.2, 0.25) is 11.8 Å². The number of amides is 4. The second-order valence-electron chi connectivity index (χ2n) is 11.4. The van der Waals surface area contributed by atoms with Gasteiger partial charge in [0, 0.05) is 51.2 Å². The molecule has 0 spiro atoms. The molecule has 2 aliphatic rings. The number of piperazine rings is 1. The Kier molecular flexibility index (Phi) is 11.1. The maximum Gasteiger partial charge on any atom is 0.407 e. The van der Waals surface area contributed by atoms with Crippen molar-refractivity contribution in [3.63, 3.8) is 0 Å². The number of carbonyl (C=O) groups excluding carboxylic acids is 3. The van der Waals surface area contributed by atoms with Crippen LogP contribution in [0.25, 0.3) is 10.9 Å². The third-order valence-electron chi connectivity index (χ3n) is 8.68. The standard InChI is InChI=1S/C30H41F2N5O7/c1-19(34(2)30(42)43)27(39)33-26(20-6-4-3-5-7-20)29(41)36-10-8-35(9-11-36)28(40)25-17-21-16-22(31)23(32)18-24(21)37(25)12-14-44-15-13-38/h16-20,26,38H,3-15H2,1-2H3,(H,33,39)(H,42,43). The molecule has 12 nitrogen and oxygen atoms in total. The van der Waals surface area contributed by atoms with Crippen LogP contribution in [0.1, 0.15) is 49.5 Å². The molecular formula is C30H41F2N5O7. The van der Waals surface area contributed by atoms with Gasteiger partial charge < -0.3 is 34.6 Å². The normalized spacial score (nSPS) is 17.4. The van der Waals surface area contributed by atoms with Crippen molar-refractivity contribution in [3.05, 3.63) is 35.5 Å². The summed E-state index contributed by atoms with van der Waals surface area (Å²) in [5, 5.41) is 21.5. The third-order valence-corrected chi connectivity index (χ3v) is 8.68. The van der Waals surface area contributed by atoms with Crippen LogP contribution in [0.4, 0.5) is 13.6 Å². The Morgan fingerprint density at radius 2 is 1.64 bits per heavy atom. The molecule has 2 heterocycles. The van der Waals surface area contributed by atoms with Crippen LogP contribution in [0, 0.1) is 17.6 Å². The topological polar surface area (TPSA) is 145 Å². The van der Waals surface area contributed by atoms with Crippen molar-refractivity contribution in [3.8, 4) is 0 Å². The van der Waals surface area contributed by atoms with Crippen molar-refractivity contribution in [2.45, 2.75) is 57.7 Å². The molecule has 242 valence electrons. The average Bonchev–Trinajstić information content (AvgIpc) is 3.37. The fourth-order valence-corrected chi connectivity index (χ4v) is 5.95.